The van der Waals surface area contributed by atoms with Crippen LogP contribution in [0.5, 0.6) is 0 Å². The van der Waals surface area contributed by atoms with Gasteiger partial charge in [-0.15, -0.1) is 11.3 Å². The summed E-state index contributed by atoms with van der Waals surface area (Å²) in [5.74, 6) is 0. The lowest BCUT2D eigenvalue weighted by atomic mass is 9.33. The van der Waals surface area contributed by atoms with Crippen molar-refractivity contribution in [2.45, 2.75) is 0 Å². The Labute approximate surface area is 237 Å². The minimum Gasteiger partial charge on any atom is -0.311 e. The van der Waals surface area contributed by atoms with E-state index in [-0.39, 0.29) is 6.71 Å². The average molecular weight is 526 g/mol. The van der Waals surface area contributed by atoms with Gasteiger partial charge in [-0.2, -0.15) is 0 Å². The quantitative estimate of drug-likeness (QED) is 0.210. The molecule has 7 aromatic rings. The topological polar surface area (TPSA) is 6.48 Å². The fourth-order valence-corrected chi connectivity index (χ4v) is 8.07. The molecule has 4 heteroatoms. The van der Waals surface area contributed by atoms with E-state index in [1.54, 1.807) is 0 Å². The third-order valence-corrected chi connectivity index (χ3v) is 9.66. The third kappa shape index (κ3) is 2.94. The minimum atomic E-state index is 0.163. The van der Waals surface area contributed by atoms with Crippen molar-refractivity contribution in [3.8, 4) is 0 Å². The Morgan fingerprint density at radius 3 is 1.77 bits per heavy atom. The average Bonchev–Trinajstić information content (AvgIpc) is 3.41. The Morgan fingerprint density at radius 1 is 0.425 bits per heavy atom. The SMILES string of the molecule is c1ccc(N2c3ccccc3B3c4ccccc4N(c4cccc5c4sc4ccccc45)c4cccc2c43)cc1. The van der Waals surface area contributed by atoms with Crippen LogP contribution in [0.2, 0.25) is 0 Å². The summed E-state index contributed by atoms with van der Waals surface area (Å²) in [6, 6.07) is 51.1. The molecular formula is C36H23BN2S. The molecule has 186 valence electrons. The van der Waals surface area contributed by atoms with E-state index in [0.29, 0.717) is 0 Å². The number of nitrogens with zero attached hydrogens (tertiary/aromatic N) is 2. The van der Waals surface area contributed by atoms with E-state index < -0.39 is 0 Å². The lowest BCUT2D eigenvalue weighted by molar-refractivity contribution is 1.26. The number of hydrogen-bond donors (Lipinski definition) is 0. The van der Waals surface area contributed by atoms with Gasteiger partial charge in [-0.3, -0.25) is 0 Å². The molecular weight excluding hydrogens is 503 g/mol. The highest BCUT2D eigenvalue weighted by atomic mass is 32.1. The molecule has 9 rings (SSSR count). The van der Waals surface area contributed by atoms with Crippen LogP contribution >= 0.6 is 11.3 Å². The zero-order chi connectivity index (χ0) is 26.2. The zero-order valence-corrected chi connectivity index (χ0v) is 22.5. The van der Waals surface area contributed by atoms with E-state index in [1.807, 2.05) is 11.3 Å². The van der Waals surface area contributed by atoms with E-state index in [2.05, 4.69) is 149 Å². The Hall–Kier alpha value is -4.80. The van der Waals surface area contributed by atoms with E-state index in [4.69, 9.17) is 0 Å². The first-order valence-corrected chi connectivity index (χ1v) is 14.6. The first-order chi connectivity index (χ1) is 19.9. The van der Waals surface area contributed by atoms with Gasteiger partial charge in [-0.1, -0.05) is 91.0 Å². The van der Waals surface area contributed by atoms with Crippen LogP contribution < -0.4 is 26.2 Å². The highest BCUT2D eigenvalue weighted by Crippen LogP contribution is 2.47. The van der Waals surface area contributed by atoms with E-state index >= 15 is 0 Å². The number of thiophene rings is 1. The van der Waals surface area contributed by atoms with Gasteiger partial charge in [-0.25, -0.2) is 0 Å². The van der Waals surface area contributed by atoms with Gasteiger partial charge in [0.25, 0.3) is 6.71 Å². The summed E-state index contributed by atoms with van der Waals surface area (Å²) in [5.41, 5.74) is 11.5. The smallest absolute Gasteiger partial charge is 0.252 e. The molecule has 40 heavy (non-hydrogen) atoms. The molecule has 0 atom stereocenters. The van der Waals surface area contributed by atoms with Crippen molar-refractivity contribution in [1.82, 2.24) is 0 Å². The maximum atomic E-state index is 2.51. The fraction of sp³-hybridized carbons (Fsp3) is 0. The van der Waals surface area contributed by atoms with Crippen molar-refractivity contribution >= 4 is 88.7 Å². The van der Waals surface area contributed by atoms with Crippen molar-refractivity contribution in [2.24, 2.45) is 0 Å². The standard InChI is InChI=1S/C36H23BN2S/c1-2-12-24(13-3-1)38-29-18-7-5-16-27(29)37-28-17-6-8-19-30(28)39(32-21-11-20-31(38)35(32)37)33-22-10-15-26-25-14-4-9-23-34(25)40-36(26)33/h1-23H. The van der Waals surface area contributed by atoms with Crippen molar-refractivity contribution in [3.63, 3.8) is 0 Å². The van der Waals surface area contributed by atoms with Crippen LogP contribution in [0, 0.1) is 0 Å². The van der Waals surface area contributed by atoms with Gasteiger partial charge >= 0.3 is 0 Å². The van der Waals surface area contributed by atoms with Crippen LogP contribution in [-0.4, -0.2) is 6.71 Å². The third-order valence-electron chi connectivity index (χ3n) is 8.45. The number of rotatable bonds is 2. The molecule has 0 spiro atoms. The molecule has 0 N–H and O–H groups in total. The van der Waals surface area contributed by atoms with Crippen LogP contribution in [0.1, 0.15) is 0 Å². The molecule has 0 fully saturated rings. The van der Waals surface area contributed by atoms with Gasteiger partial charge in [-0.05, 0) is 64.9 Å². The Bertz CT molecular complexity index is 2100. The van der Waals surface area contributed by atoms with Crippen LogP contribution in [-0.2, 0) is 0 Å². The zero-order valence-electron chi connectivity index (χ0n) is 21.7. The number of anilines is 6. The molecule has 0 aliphatic carbocycles. The number of hydrogen-bond acceptors (Lipinski definition) is 3. The van der Waals surface area contributed by atoms with Crippen molar-refractivity contribution < 1.29 is 0 Å². The van der Waals surface area contributed by atoms with Gasteiger partial charge in [0.15, 0.2) is 0 Å². The summed E-state index contributed by atoms with van der Waals surface area (Å²) in [7, 11) is 0. The molecule has 6 aromatic carbocycles. The summed E-state index contributed by atoms with van der Waals surface area (Å²) in [4.78, 5) is 4.95. The van der Waals surface area contributed by atoms with Crippen LogP contribution in [0.4, 0.5) is 34.1 Å². The summed E-state index contributed by atoms with van der Waals surface area (Å²) < 4.78 is 2.65. The van der Waals surface area contributed by atoms with Crippen LogP contribution in [0.25, 0.3) is 20.2 Å². The first kappa shape index (κ1) is 22.1. The molecule has 2 nitrogen and oxygen atoms in total. The highest BCUT2D eigenvalue weighted by molar-refractivity contribution is 7.26. The van der Waals surface area contributed by atoms with Crippen LogP contribution in [0.3, 0.4) is 0 Å². The van der Waals surface area contributed by atoms with E-state index in [1.165, 1.54) is 70.7 Å². The molecule has 3 heterocycles. The molecule has 0 amide bonds. The summed E-state index contributed by atoms with van der Waals surface area (Å²) >= 11 is 1.89. The fourth-order valence-electron chi connectivity index (χ4n) is 6.86. The second-order valence-corrected chi connectivity index (χ2v) is 11.6. The van der Waals surface area contributed by atoms with Gasteiger partial charge in [0.2, 0.25) is 0 Å². The Kier molecular flexibility index (Phi) is 4.61. The monoisotopic (exact) mass is 526 g/mol. The largest absolute Gasteiger partial charge is 0.311 e. The van der Waals surface area contributed by atoms with Crippen molar-refractivity contribution in [3.05, 3.63) is 140 Å². The lowest BCUT2D eigenvalue weighted by Gasteiger charge is -2.44. The first-order valence-electron chi connectivity index (χ1n) is 13.7. The predicted octanol–water partition coefficient (Wildman–Crippen LogP) is 8.14. The van der Waals surface area contributed by atoms with Crippen molar-refractivity contribution in [1.29, 1.82) is 0 Å². The number of benzene rings is 6. The number of fused-ring (bicyclic) bond motifs is 7. The minimum absolute atomic E-state index is 0.163. The second kappa shape index (κ2) is 8.35. The second-order valence-electron chi connectivity index (χ2n) is 10.5. The molecule has 0 radical (unpaired) electrons. The maximum absolute atomic E-state index is 2.51. The molecule has 1 aromatic heterocycles. The highest BCUT2D eigenvalue weighted by Gasteiger charge is 2.42. The molecule has 0 unspecified atom stereocenters. The molecule has 2 aliphatic heterocycles. The van der Waals surface area contributed by atoms with Crippen molar-refractivity contribution in [2.75, 3.05) is 9.80 Å². The van der Waals surface area contributed by atoms with Crippen LogP contribution in [0.15, 0.2) is 140 Å². The Morgan fingerprint density at radius 2 is 0.975 bits per heavy atom. The van der Waals surface area contributed by atoms with Gasteiger partial charge in [0.1, 0.15) is 0 Å². The normalized spacial score (nSPS) is 13.3. The van der Waals surface area contributed by atoms with E-state index in [9.17, 15) is 0 Å². The molecule has 2 aliphatic rings. The molecule has 0 bridgehead atoms. The number of para-hydroxylation sites is 3. The molecule has 0 saturated heterocycles. The lowest BCUT2D eigenvalue weighted by Crippen LogP contribution is -2.61. The maximum Gasteiger partial charge on any atom is 0.252 e. The summed E-state index contributed by atoms with van der Waals surface area (Å²) in [5, 5.41) is 2.64. The predicted molar refractivity (Wildman–Crippen MR) is 173 cm³/mol. The van der Waals surface area contributed by atoms with Gasteiger partial charge in [0, 0.05) is 43.9 Å². The van der Waals surface area contributed by atoms with E-state index in [0.717, 1.165) is 0 Å². The Balaban J connectivity index is 1.38. The van der Waals surface area contributed by atoms with Gasteiger partial charge < -0.3 is 9.80 Å². The summed E-state index contributed by atoms with van der Waals surface area (Å²) in [6.45, 7) is 0.163. The summed E-state index contributed by atoms with van der Waals surface area (Å²) in [6.07, 6.45) is 0. The molecule has 0 saturated carbocycles. The van der Waals surface area contributed by atoms with Gasteiger partial charge in [0.05, 0.1) is 10.4 Å².